The van der Waals surface area contributed by atoms with E-state index < -0.39 is 24.7 Å². The van der Waals surface area contributed by atoms with Gasteiger partial charge in [0.15, 0.2) is 6.10 Å². The highest BCUT2D eigenvalue weighted by Crippen LogP contribution is 2.22. The summed E-state index contributed by atoms with van der Waals surface area (Å²) in [6, 6.07) is 12.2. The smallest absolute Gasteiger partial charge is 0.406 e. The number of nitrogens with zero attached hydrogens (tertiary/aromatic N) is 3. The molecule has 1 amide bonds. The summed E-state index contributed by atoms with van der Waals surface area (Å²) in [7, 11) is 0. The summed E-state index contributed by atoms with van der Waals surface area (Å²) in [5.41, 5.74) is 0.401. The Kier molecular flexibility index (Phi) is 5.60. The van der Waals surface area contributed by atoms with Crippen molar-refractivity contribution >= 4 is 11.7 Å². The first-order valence-electron chi connectivity index (χ1n) is 7.26. The summed E-state index contributed by atoms with van der Waals surface area (Å²) in [5, 5.41) is 8.74. The van der Waals surface area contributed by atoms with E-state index in [1.807, 2.05) is 6.07 Å². The zero-order valence-corrected chi connectivity index (χ0v) is 13.2. The van der Waals surface area contributed by atoms with E-state index in [0.717, 1.165) is 0 Å². The highest BCUT2D eigenvalue weighted by Gasteiger charge is 2.36. The third kappa shape index (κ3) is 5.21. The molecule has 0 aliphatic carbocycles. The Bertz CT molecular complexity index is 755. The maximum absolute atomic E-state index is 12.8. The molecule has 0 saturated carbocycles. The monoisotopic (exact) mass is 349 g/mol. The number of hydrogen-bond donors (Lipinski definition) is 0. The molecule has 0 bridgehead atoms. The van der Waals surface area contributed by atoms with Crippen LogP contribution in [0.15, 0.2) is 48.7 Å². The molecule has 130 valence electrons. The van der Waals surface area contributed by atoms with Gasteiger partial charge in [-0.1, -0.05) is 6.07 Å². The molecule has 0 aliphatic rings. The molecule has 1 atom stereocenters. The second-order valence-corrected chi connectivity index (χ2v) is 5.12. The zero-order valence-electron chi connectivity index (χ0n) is 13.2. The summed E-state index contributed by atoms with van der Waals surface area (Å²) in [5.74, 6) is -0.715. The van der Waals surface area contributed by atoms with E-state index in [9.17, 15) is 18.0 Å². The number of halogens is 3. The van der Waals surface area contributed by atoms with Crippen LogP contribution in [0.5, 0.6) is 5.75 Å². The van der Waals surface area contributed by atoms with Crippen molar-refractivity contribution in [1.82, 2.24) is 4.98 Å². The normalized spacial score (nSPS) is 12.1. The van der Waals surface area contributed by atoms with Crippen LogP contribution in [-0.4, -0.2) is 29.7 Å². The minimum atomic E-state index is -4.58. The Morgan fingerprint density at radius 3 is 2.48 bits per heavy atom. The van der Waals surface area contributed by atoms with Crippen LogP contribution in [0.2, 0.25) is 0 Å². The number of carbonyl (C=O) groups is 1. The van der Waals surface area contributed by atoms with Crippen LogP contribution in [0.3, 0.4) is 0 Å². The highest BCUT2D eigenvalue weighted by atomic mass is 19.4. The third-order valence-electron chi connectivity index (χ3n) is 3.17. The molecular formula is C17H14F3N3O2. The number of amides is 1. The van der Waals surface area contributed by atoms with E-state index in [0.29, 0.717) is 10.5 Å². The van der Waals surface area contributed by atoms with Crippen molar-refractivity contribution < 1.29 is 22.7 Å². The number of alkyl halides is 3. The topological polar surface area (TPSA) is 66.2 Å². The molecule has 2 aromatic rings. The molecule has 0 radical (unpaired) electrons. The standard InChI is InChI=1S/C17H14F3N3O2/c1-12(25-14-7-5-13(10-21)6-8-14)16(24)23(11-17(18,19)20)15-4-2-3-9-22-15/h2-9,12H,11H2,1H3/t12-/m0/s1. The van der Waals surface area contributed by atoms with Crippen molar-refractivity contribution in [3.05, 3.63) is 54.2 Å². The molecule has 0 aliphatic heterocycles. The van der Waals surface area contributed by atoms with Crippen LogP contribution < -0.4 is 9.64 Å². The molecule has 5 nitrogen and oxygen atoms in total. The Morgan fingerprint density at radius 1 is 1.28 bits per heavy atom. The maximum Gasteiger partial charge on any atom is 0.406 e. The lowest BCUT2D eigenvalue weighted by Gasteiger charge is -2.26. The first-order chi connectivity index (χ1) is 11.8. The molecule has 0 saturated heterocycles. The Labute approximate surface area is 142 Å². The van der Waals surface area contributed by atoms with Crippen molar-refractivity contribution in [3.8, 4) is 11.8 Å². The minimum absolute atomic E-state index is 0.111. The average molecular weight is 349 g/mol. The summed E-state index contributed by atoms with van der Waals surface area (Å²) < 4.78 is 43.9. The lowest BCUT2D eigenvalue weighted by Crippen LogP contribution is -2.45. The second kappa shape index (κ2) is 7.66. The molecule has 1 heterocycles. The van der Waals surface area contributed by atoms with Crippen LogP contribution >= 0.6 is 0 Å². The molecule has 0 unspecified atom stereocenters. The number of carbonyl (C=O) groups excluding carboxylic acids is 1. The van der Waals surface area contributed by atoms with Gasteiger partial charge in [-0.15, -0.1) is 0 Å². The van der Waals surface area contributed by atoms with E-state index in [1.54, 1.807) is 0 Å². The Balaban J connectivity index is 2.18. The maximum atomic E-state index is 12.8. The van der Waals surface area contributed by atoms with Gasteiger partial charge < -0.3 is 4.74 Å². The van der Waals surface area contributed by atoms with Crippen molar-refractivity contribution in [1.29, 1.82) is 5.26 Å². The molecular weight excluding hydrogens is 335 g/mol. The summed E-state index contributed by atoms with van der Waals surface area (Å²) in [6.07, 6.45) is -4.45. The number of aromatic nitrogens is 1. The number of pyridine rings is 1. The van der Waals surface area contributed by atoms with Gasteiger partial charge in [0.1, 0.15) is 18.1 Å². The van der Waals surface area contributed by atoms with Crippen LogP contribution in [0.25, 0.3) is 0 Å². The molecule has 1 aromatic heterocycles. The first kappa shape index (κ1) is 18.3. The number of anilines is 1. The number of nitriles is 1. The van der Waals surface area contributed by atoms with E-state index in [4.69, 9.17) is 10.00 Å². The van der Waals surface area contributed by atoms with E-state index in [2.05, 4.69) is 4.98 Å². The fourth-order valence-electron chi connectivity index (χ4n) is 2.05. The van der Waals surface area contributed by atoms with E-state index in [1.165, 1.54) is 55.6 Å². The van der Waals surface area contributed by atoms with Gasteiger partial charge >= 0.3 is 6.18 Å². The lowest BCUT2D eigenvalue weighted by atomic mass is 10.2. The van der Waals surface area contributed by atoms with Gasteiger partial charge in [-0.2, -0.15) is 18.4 Å². The molecule has 0 N–H and O–H groups in total. The van der Waals surface area contributed by atoms with Crippen LogP contribution in [-0.2, 0) is 4.79 Å². The van der Waals surface area contributed by atoms with Gasteiger partial charge in [-0.25, -0.2) is 4.98 Å². The van der Waals surface area contributed by atoms with Crippen LogP contribution in [0, 0.1) is 11.3 Å². The zero-order chi connectivity index (χ0) is 18.4. The van der Waals surface area contributed by atoms with Crippen LogP contribution in [0.4, 0.5) is 19.0 Å². The summed E-state index contributed by atoms with van der Waals surface area (Å²) in [4.78, 5) is 16.8. The number of rotatable bonds is 5. The van der Waals surface area contributed by atoms with E-state index >= 15 is 0 Å². The molecule has 0 spiro atoms. The van der Waals surface area contributed by atoms with Gasteiger partial charge in [0.05, 0.1) is 11.6 Å². The average Bonchev–Trinajstić information content (AvgIpc) is 2.59. The predicted molar refractivity (Wildman–Crippen MR) is 83.9 cm³/mol. The lowest BCUT2D eigenvalue weighted by molar-refractivity contribution is -0.136. The van der Waals surface area contributed by atoms with Gasteiger partial charge in [0, 0.05) is 6.20 Å². The molecule has 8 heteroatoms. The Hall–Kier alpha value is -3.08. The predicted octanol–water partition coefficient (Wildman–Crippen LogP) is 3.32. The number of benzene rings is 1. The van der Waals surface area contributed by atoms with Crippen molar-refractivity contribution in [2.75, 3.05) is 11.4 Å². The Morgan fingerprint density at radius 2 is 1.96 bits per heavy atom. The fraction of sp³-hybridized carbons (Fsp3) is 0.235. The van der Waals surface area contributed by atoms with Crippen molar-refractivity contribution in [2.45, 2.75) is 19.2 Å². The minimum Gasteiger partial charge on any atom is -0.481 e. The molecule has 0 fully saturated rings. The van der Waals surface area contributed by atoms with E-state index in [-0.39, 0.29) is 11.6 Å². The molecule has 1 aromatic carbocycles. The summed E-state index contributed by atoms with van der Waals surface area (Å²) >= 11 is 0. The number of ether oxygens (including phenoxy) is 1. The fourth-order valence-corrected chi connectivity index (χ4v) is 2.05. The molecule has 2 rings (SSSR count). The van der Waals surface area contributed by atoms with Gasteiger partial charge in [-0.05, 0) is 43.3 Å². The first-order valence-corrected chi connectivity index (χ1v) is 7.26. The largest absolute Gasteiger partial charge is 0.481 e. The van der Waals surface area contributed by atoms with Gasteiger partial charge in [0.2, 0.25) is 0 Å². The van der Waals surface area contributed by atoms with Crippen molar-refractivity contribution in [2.24, 2.45) is 0 Å². The number of hydrogen-bond acceptors (Lipinski definition) is 4. The van der Waals surface area contributed by atoms with Crippen molar-refractivity contribution in [3.63, 3.8) is 0 Å². The van der Waals surface area contributed by atoms with Crippen LogP contribution in [0.1, 0.15) is 12.5 Å². The van der Waals surface area contributed by atoms with Gasteiger partial charge in [0.25, 0.3) is 5.91 Å². The summed E-state index contributed by atoms with van der Waals surface area (Å²) in [6.45, 7) is -0.114. The highest BCUT2D eigenvalue weighted by molar-refractivity contribution is 5.95. The SMILES string of the molecule is C[C@H](Oc1ccc(C#N)cc1)C(=O)N(CC(F)(F)F)c1ccccn1. The van der Waals surface area contributed by atoms with Gasteiger partial charge in [-0.3, -0.25) is 9.69 Å². The molecule has 25 heavy (non-hydrogen) atoms. The quantitative estimate of drug-likeness (QED) is 0.831. The second-order valence-electron chi connectivity index (χ2n) is 5.12. The third-order valence-corrected chi connectivity index (χ3v) is 3.17.